The van der Waals surface area contributed by atoms with Gasteiger partial charge >= 0.3 is 0 Å². The molecule has 1 fully saturated rings. The zero-order valence-corrected chi connectivity index (χ0v) is 17.6. The molecule has 1 aliphatic rings. The first-order valence-electron chi connectivity index (χ1n) is 10.1. The van der Waals surface area contributed by atoms with E-state index in [-0.39, 0.29) is 0 Å². The van der Waals surface area contributed by atoms with Gasteiger partial charge in [0.1, 0.15) is 0 Å². The highest BCUT2D eigenvalue weighted by molar-refractivity contribution is 5.81. The molecular formula is C22H25N7O2. The van der Waals surface area contributed by atoms with Gasteiger partial charge in [0.05, 0.1) is 20.4 Å². The second kappa shape index (κ2) is 9.75. The fourth-order valence-corrected chi connectivity index (χ4v) is 3.28. The lowest BCUT2D eigenvalue weighted by Crippen LogP contribution is -2.21. The van der Waals surface area contributed by atoms with Crippen molar-refractivity contribution in [3.8, 4) is 11.5 Å². The number of anilines is 4. The lowest BCUT2D eigenvalue weighted by Gasteiger charge is -2.16. The molecule has 0 spiro atoms. The molecule has 9 heteroatoms. The van der Waals surface area contributed by atoms with Crippen LogP contribution in [0, 0.1) is 0 Å². The molecule has 2 aromatic carbocycles. The minimum Gasteiger partial charge on any atom is -0.493 e. The quantitative estimate of drug-likeness (QED) is 0.422. The second-order valence-electron chi connectivity index (χ2n) is 6.95. The fraction of sp³-hybridized carbons (Fsp3) is 0.273. The number of nitrogens with one attached hydrogen (secondary N) is 2. The molecule has 9 nitrogen and oxygen atoms in total. The summed E-state index contributed by atoms with van der Waals surface area (Å²) < 4.78 is 10.6. The summed E-state index contributed by atoms with van der Waals surface area (Å²) in [6.07, 6.45) is 3.94. The second-order valence-corrected chi connectivity index (χ2v) is 6.95. The Kier molecular flexibility index (Phi) is 6.41. The van der Waals surface area contributed by atoms with Crippen molar-refractivity contribution in [2.45, 2.75) is 12.8 Å². The molecule has 2 N–H and O–H groups in total. The third kappa shape index (κ3) is 5.19. The third-order valence-electron chi connectivity index (χ3n) is 4.83. The van der Waals surface area contributed by atoms with Crippen LogP contribution in [0.2, 0.25) is 0 Å². The third-order valence-corrected chi connectivity index (χ3v) is 4.83. The van der Waals surface area contributed by atoms with Gasteiger partial charge in [-0.05, 0) is 48.7 Å². The largest absolute Gasteiger partial charge is 0.493 e. The first-order valence-corrected chi connectivity index (χ1v) is 10.1. The topological polar surface area (TPSA) is 96.8 Å². The lowest BCUT2D eigenvalue weighted by molar-refractivity contribution is 0.355. The van der Waals surface area contributed by atoms with Crippen LogP contribution >= 0.6 is 0 Å². The van der Waals surface area contributed by atoms with Crippen molar-refractivity contribution in [2.75, 3.05) is 43.0 Å². The van der Waals surface area contributed by atoms with Crippen LogP contribution in [0.15, 0.2) is 53.6 Å². The summed E-state index contributed by atoms with van der Waals surface area (Å²) in [7, 11) is 3.20. The summed E-state index contributed by atoms with van der Waals surface area (Å²) in [5, 5.41) is 7.52. The Morgan fingerprint density at radius 3 is 2.39 bits per heavy atom. The van der Waals surface area contributed by atoms with Crippen LogP contribution in [0.4, 0.5) is 23.5 Å². The molecule has 0 aliphatic carbocycles. The molecule has 1 saturated heterocycles. The van der Waals surface area contributed by atoms with E-state index in [9.17, 15) is 0 Å². The number of aromatic nitrogens is 3. The summed E-state index contributed by atoms with van der Waals surface area (Å²) in [6.45, 7) is 1.87. The Morgan fingerprint density at radius 2 is 1.65 bits per heavy atom. The molecule has 0 radical (unpaired) electrons. The van der Waals surface area contributed by atoms with Gasteiger partial charge in [0, 0.05) is 18.8 Å². The summed E-state index contributed by atoms with van der Waals surface area (Å²) >= 11 is 0. The smallest absolute Gasteiger partial charge is 0.250 e. The van der Waals surface area contributed by atoms with E-state index in [0.717, 1.165) is 37.2 Å². The van der Waals surface area contributed by atoms with Crippen molar-refractivity contribution in [2.24, 2.45) is 5.10 Å². The molecule has 31 heavy (non-hydrogen) atoms. The molecule has 3 aromatic rings. The van der Waals surface area contributed by atoms with Crippen molar-refractivity contribution in [3.05, 3.63) is 54.1 Å². The minimum atomic E-state index is 0.368. The van der Waals surface area contributed by atoms with E-state index in [2.05, 4.69) is 35.7 Å². The van der Waals surface area contributed by atoms with Gasteiger partial charge in [0.2, 0.25) is 17.8 Å². The molecule has 4 rings (SSSR count). The highest BCUT2D eigenvalue weighted by Gasteiger charge is 2.17. The summed E-state index contributed by atoms with van der Waals surface area (Å²) in [5.74, 6) is 2.77. The Bertz CT molecular complexity index is 1040. The highest BCUT2D eigenvalue weighted by Crippen LogP contribution is 2.27. The zero-order chi connectivity index (χ0) is 21.5. The monoisotopic (exact) mass is 419 g/mol. The Morgan fingerprint density at radius 1 is 0.903 bits per heavy atom. The van der Waals surface area contributed by atoms with Crippen LogP contribution in [0.3, 0.4) is 0 Å². The van der Waals surface area contributed by atoms with Gasteiger partial charge in [-0.15, -0.1) is 0 Å². The maximum atomic E-state index is 5.33. The van der Waals surface area contributed by atoms with E-state index in [0.29, 0.717) is 29.3 Å². The number of rotatable bonds is 8. The summed E-state index contributed by atoms with van der Waals surface area (Å²) in [5.41, 5.74) is 4.67. The maximum Gasteiger partial charge on any atom is 0.250 e. The minimum absolute atomic E-state index is 0.368. The van der Waals surface area contributed by atoms with Gasteiger partial charge in [-0.25, -0.2) is 5.43 Å². The van der Waals surface area contributed by atoms with E-state index in [1.807, 2.05) is 48.5 Å². The van der Waals surface area contributed by atoms with E-state index in [1.165, 1.54) is 0 Å². The van der Waals surface area contributed by atoms with Crippen LogP contribution in [-0.4, -0.2) is 48.5 Å². The molecule has 0 bridgehead atoms. The number of benzene rings is 2. The Hall–Kier alpha value is -3.88. The zero-order valence-electron chi connectivity index (χ0n) is 17.6. The molecule has 0 saturated carbocycles. The van der Waals surface area contributed by atoms with Gasteiger partial charge in [0.15, 0.2) is 11.5 Å². The SMILES string of the molecule is COc1ccc(/C=N/Nc2nc(Nc3ccccc3)nc(N3CCCC3)n2)cc1OC. The lowest BCUT2D eigenvalue weighted by atomic mass is 10.2. The standard InChI is InChI=1S/C22H25N7O2/c1-30-18-11-10-16(14-19(18)31-2)15-23-28-21-25-20(24-17-8-4-3-5-9-17)26-22(27-21)29-12-6-7-13-29/h3-5,8-11,14-15H,6-7,12-13H2,1-2H3,(H2,24,25,26,27,28)/b23-15+. The summed E-state index contributed by atoms with van der Waals surface area (Å²) in [6, 6.07) is 15.4. The number of hydrogen-bond donors (Lipinski definition) is 2. The van der Waals surface area contributed by atoms with Crippen molar-refractivity contribution in [3.63, 3.8) is 0 Å². The number of hydrogen-bond acceptors (Lipinski definition) is 9. The molecule has 0 atom stereocenters. The molecule has 0 unspecified atom stereocenters. The predicted molar refractivity (Wildman–Crippen MR) is 122 cm³/mol. The van der Waals surface area contributed by atoms with Gasteiger partial charge in [-0.1, -0.05) is 18.2 Å². The average molecular weight is 419 g/mol. The van der Waals surface area contributed by atoms with Gasteiger partial charge in [-0.2, -0.15) is 20.1 Å². The van der Waals surface area contributed by atoms with Crippen molar-refractivity contribution >= 4 is 29.7 Å². The Balaban J connectivity index is 1.54. The Labute approximate surface area is 181 Å². The molecule has 1 aromatic heterocycles. The number of para-hydroxylation sites is 1. The number of methoxy groups -OCH3 is 2. The molecular weight excluding hydrogens is 394 g/mol. The maximum absolute atomic E-state index is 5.33. The van der Waals surface area contributed by atoms with Crippen LogP contribution in [0.5, 0.6) is 11.5 Å². The number of ether oxygens (including phenoxy) is 2. The first kappa shape index (κ1) is 20.4. The van der Waals surface area contributed by atoms with E-state index in [4.69, 9.17) is 9.47 Å². The van der Waals surface area contributed by atoms with Crippen LogP contribution < -0.4 is 25.1 Å². The molecule has 0 amide bonds. The first-order chi connectivity index (χ1) is 15.2. The number of hydrazone groups is 1. The van der Waals surface area contributed by atoms with Crippen LogP contribution in [0.25, 0.3) is 0 Å². The van der Waals surface area contributed by atoms with Gasteiger partial charge in [0.25, 0.3) is 0 Å². The van der Waals surface area contributed by atoms with Gasteiger partial charge in [-0.3, -0.25) is 0 Å². The average Bonchev–Trinajstić information content (AvgIpc) is 3.35. The van der Waals surface area contributed by atoms with E-state index < -0.39 is 0 Å². The molecule has 2 heterocycles. The molecule has 160 valence electrons. The van der Waals surface area contributed by atoms with E-state index >= 15 is 0 Å². The predicted octanol–water partition coefficient (Wildman–Crippen LogP) is 3.68. The van der Waals surface area contributed by atoms with E-state index in [1.54, 1.807) is 20.4 Å². The van der Waals surface area contributed by atoms with Crippen LogP contribution in [0.1, 0.15) is 18.4 Å². The summed E-state index contributed by atoms with van der Waals surface area (Å²) in [4.78, 5) is 15.7. The van der Waals surface area contributed by atoms with Crippen molar-refractivity contribution in [1.29, 1.82) is 0 Å². The highest BCUT2D eigenvalue weighted by atomic mass is 16.5. The number of nitrogens with zero attached hydrogens (tertiary/aromatic N) is 5. The van der Waals surface area contributed by atoms with Crippen molar-refractivity contribution in [1.82, 2.24) is 15.0 Å². The van der Waals surface area contributed by atoms with Crippen molar-refractivity contribution < 1.29 is 9.47 Å². The fourth-order valence-electron chi connectivity index (χ4n) is 3.28. The van der Waals surface area contributed by atoms with Gasteiger partial charge < -0.3 is 19.7 Å². The molecule has 1 aliphatic heterocycles. The van der Waals surface area contributed by atoms with Crippen LogP contribution in [-0.2, 0) is 0 Å². The normalized spacial score (nSPS) is 13.4.